The van der Waals surface area contributed by atoms with Crippen LogP contribution < -0.4 is 0 Å². The van der Waals surface area contributed by atoms with Gasteiger partial charge in [0.25, 0.3) is 0 Å². The molecule has 2 heteroatoms. The van der Waals surface area contributed by atoms with Gasteiger partial charge in [-0.3, -0.25) is 0 Å². The van der Waals surface area contributed by atoms with Gasteiger partial charge in [0, 0.05) is 27.1 Å². The van der Waals surface area contributed by atoms with Crippen molar-refractivity contribution in [2.45, 2.75) is 0 Å². The van der Waals surface area contributed by atoms with Crippen molar-refractivity contribution in [1.29, 1.82) is 0 Å². The predicted octanol–water partition coefficient (Wildman–Crippen LogP) is 11.6. The number of hydrogen-bond acceptors (Lipinski definition) is 2. The SMILES string of the molecule is c1ccc2c(c1)ccc1c3cc(-c4nc5c6ccccc6c6c7ccccc7oc6c5c5ccccc45)ccc3ccc21. The Bertz CT molecular complexity index is 2790. The number of aromatic nitrogens is 1. The Kier molecular flexibility index (Phi) is 4.48. The zero-order valence-corrected chi connectivity index (χ0v) is 23.1. The van der Waals surface area contributed by atoms with Crippen LogP contribution in [0.2, 0.25) is 0 Å². The van der Waals surface area contributed by atoms with Crippen molar-refractivity contribution in [1.82, 2.24) is 4.98 Å². The van der Waals surface area contributed by atoms with Gasteiger partial charge in [0.2, 0.25) is 0 Å². The fourth-order valence-corrected chi connectivity index (χ4v) is 7.27. The quantitative estimate of drug-likeness (QED) is 0.192. The van der Waals surface area contributed by atoms with Crippen molar-refractivity contribution in [3.63, 3.8) is 0 Å². The zero-order valence-electron chi connectivity index (χ0n) is 23.1. The van der Waals surface area contributed by atoms with Crippen LogP contribution >= 0.6 is 0 Å². The van der Waals surface area contributed by atoms with E-state index in [2.05, 4.69) is 133 Å². The molecule has 2 heterocycles. The van der Waals surface area contributed by atoms with Crippen LogP contribution in [-0.2, 0) is 0 Å². The second kappa shape index (κ2) is 8.40. The molecule has 198 valence electrons. The van der Waals surface area contributed by atoms with E-state index in [-0.39, 0.29) is 0 Å². The summed E-state index contributed by atoms with van der Waals surface area (Å²) >= 11 is 0. The van der Waals surface area contributed by atoms with Crippen molar-refractivity contribution in [2.24, 2.45) is 0 Å². The number of hydrogen-bond donors (Lipinski definition) is 0. The van der Waals surface area contributed by atoms with E-state index in [0.29, 0.717) is 0 Å². The lowest BCUT2D eigenvalue weighted by molar-refractivity contribution is 0.673. The minimum absolute atomic E-state index is 0.900. The van der Waals surface area contributed by atoms with Crippen LogP contribution in [0.4, 0.5) is 0 Å². The molecule has 2 nitrogen and oxygen atoms in total. The monoisotopic (exact) mass is 545 g/mol. The lowest BCUT2D eigenvalue weighted by Crippen LogP contribution is -1.92. The molecule has 43 heavy (non-hydrogen) atoms. The number of nitrogens with zero attached hydrogens (tertiary/aromatic N) is 1. The molecule has 2 aromatic heterocycles. The molecule has 0 saturated carbocycles. The average Bonchev–Trinajstić information content (AvgIpc) is 3.47. The van der Waals surface area contributed by atoms with Gasteiger partial charge in [-0.15, -0.1) is 0 Å². The minimum atomic E-state index is 0.900. The van der Waals surface area contributed by atoms with Crippen LogP contribution in [0.3, 0.4) is 0 Å². The Balaban J connectivity index is 1.36. The van der Waals surface area contributed by atoms with Crippen LogP contribution in [0.5, 0.6) is 0 Å². The first-order valence-electron chi connectivity index (χ1n) is 14.7. The van der Waals surface area contributed by atoms with Gasteiger partial charge in [-0.2, -0.15) is 0 Å². The van der Waals surface area contributed by atoms with E-state index in [1.165, 1.54) is 37.7 Å². The van der Waals surface area contributed by atoms with Crippen molar-refractivity contribution < 1.29 is 4.42 Å². The summed E-state index contributed by atoms with van der Waals surface area (Å²) < 4.78 is 6.63. The number of pyridine rings is 1. The number of fused-ring (bicyclic) bond motifs is 15. The Morgan fingerprint density at radius 1 is 0.395 bits per heavy atom. The van der Waals surface area contributed by atoms with E-state index in [1.54, 1.807) is 0 Å². The molecule has 0 amide bonds. The highest BCUT2D eigenvalue weighted by molar-refractivity contribution is 6.34. The third-order valence-corrected chi connectivity index (χ3v) is 9.20. The summed E-state index contributed by atoms with van der Waals surface area (Å²) in [7, 11) is 0. The highest BCUT2D eigenvalue weighted by atomic mass is 16.3. The molecular formula is C41H23NO. The molecule has 10 aromatic rings. The molecule has 0 fully saturated rings. The molecule has 0 spiro atoms. The second-order valence-electron chi connectivity index (χ2n) is 11.5. The van der Waals surface area contributed by atoms with Crippen LogP contribution in [0, 0.1) is 0 Å². The van der Waals surface area contributed by atoms with Gasteiger partial charge in [0.05, 0.1) is 16.6 Å². The number of benzene rings is 8. The molecule has 0 radical (unpaired) electrons. The molecule has 10 rings (SSSR count). The van der Waals surface area contributed by atoms with Crippen molar-refractivity contribution in [3.05, 3.63) is 140 Å². The first-order valence-corrected chi connectivity index (χ1v) is 14.7. The molecular weight excluding hydrogens is 522 g/mol. The molecule has 0 aliphatic heterocycles. The molecule has 0 aliphatic rings. The zero-order chi connectivity index (χ0) is 28.1. The standard InChI is InChI=1S/C41H23NO/c1-2-10-27-24(9-1)19-22-29-28(27)21-20-25-17-18-26(23-35(25)29)39-32-13-5-4-12-31(32)38-40(42-39)33-14-6-3-11-30(33)37-34-15-7-8-16-36(34)43-41(37)38/h1-23H. The highest BCUT2D eigenvalue weighted by Crippen LogP contribution is 2.44. The first kappa shape index (κ1) is 22.9. The summed E-state index contributed by atoms with van der Waals surface area (Å²) in [5, 5.41) is 15.5. The topological polar surface area (TPSA) is 26.0 Å². The van der Waals surface area contributed by atoms with Crippen molar-refractivity contribution >= 4 is 86.7 Å². The van der Waals surface area contributed by atoms with E-state index in [0.717, 1.165) is 60.3 Å². The Hall–Kier alpha value is -5.73. The number of furan rings is 1. The van der Waals surface area contributed by atoms with Crippen LogP contribution in [0.1, 0.15) is 0 Å². The van der Waals surface area contributed by atoms with Gasteiger partial charge in [-0.1, -0.05) is 127 Å². The Labute approximate surface area is 246 Å². The van der Waals surface area contributed by atoms with Gasteiger partial charge in [-0.25, -0.2) is 4.98 Å². The number of rotatable bonds is 1. The largest absolute Gasteiger partial charge is 0.455 e. The maximum atomic E-state index is 6.63. The molecule has 0 saturated heterocycles. The number of para-hydroxylation sites is 1. The predicted molar refractivity (Wildman–Crippen MR) is 182 cm³/mol. The summed E-state index contributed by atoms with van der Waals surface area (Å²) in [6.45, 7) is 0. The highest BCUT2D eigenvalue weighted by Gasteiger charge is 2.20. The first-order chi connectivity index (χ1) is 21.3. The van der Waals surface area contributed by atoms with E-state index >= 15 is 0 Å². The van der Waals surface area contributed by atoms with Gasteiger partial charge in [0.1, 0.15) is 11.2 Å². The Morgan fingerprint density at radius 3 is 1.79 bits per heavy atom. The molecule has 0 unspecified atom stereocenters. The van der Waals surface area contributed by atoms with E-state index in [1.807, 2.05) is 6.07 Å². The van der Waals surface area contributed by atoms with Crippen LogP contribution in [-0.4, -0.2) is 4.98 Å². The maximum Gasteiger partial charge on any atom is 0.146 e. The van der Waals surface area contributed by atoms with Crippen molar-refractivity contribution in [2.75, 3.05) is 0 Å². The Morgan fingerprint density at radius 2 is 0.977 bits per heavy atom. The normalized spacial score (nSPS) is 12.2. The van der Waals surface area contributed by atoms with E-state index < -0.39 is 0 Å². The summed E-state index contributed by atoms with van der Waals surface area (Å²) in [4.78, 5) is 5.50. The lowest BCUT2D eigenvalue weighted by atomic mass is 9.93. The maximum absolute atomic E-state index is 6.63. The summed E-state index contributed by atoms with van der Waals surface area (Å²) in [5.74, 6) is 0. The summed E-state index contributed by atoms with van der Waals surface area (Å²) in [5.41, 5.74) is 4.88. The van der Waals surface area contributed by atoms with E-state index in [4.69, 9.17) is 9.40 Å². The average molecular weight is 546 g/mol. The fourth-order valence-electron chi connectivity index (χ4n) is 7.27. The lowest BCUT2D eigenvalue weighted by Gasteiger charge is -2.14. The third-order valence-electron chi connectivity index (χ3n) is 9.20. The van der Waals surface area contributed by atoms with Crippen LogP contribution in [0.15, 0.2) is 144 Å². The van der Waals surface area contributed by atoms with Crippen LogP contribution in [0.25, 0.3) is 98.0 Å². The fraction of sp³-hybridized carbons (Fsp3) is 0. The van der Waals surface area contributed by atoms with Gasteiger partial charge >= 0.3 is 0 Å². The molecule has 0 N–H and O–H groups in total. The summed E-state index contributed by atoms with van der Waals surface area (Å²) in [6, 6.07) is 50.0. The third kappa shape index (κ3) is 3.10. The van der Waals surface area contributed by atoms with E-state index in [9.17, 15) is 0 Å². The van der Waals surface area contributed by atoms with Gasteiger partial charge in [0.15, 0.2) is 0 Å². The van der Waals surface area contributed by atoms with Gasteiger partial charge < -0.3 is 4.42 Å². The minimum Gasteiger partial charge on any atom is -0.455 e. The van der Waals surface area contributed by atoms with Crippen molar-refractivity contribution in [3.8, 4) is 11.3 Å². The molecule has 8 aromatic carbocycles. The molecule has 0 atom stereocenters. The molecule has 0 aliphatic carbocycles. The summed E-state index contributed by atoms with van der Waals surface area (Å²) in [6.07, 6.45) is 0. The smallest absolute Gasteiger partial charge is 0.146 e. The second-order valence-corrected chi connectivity index (χ2v) is 11.5. The molecule has 0 bridgehead atoms. The van der Waals surface area contributed by atoms with Gasteiger partial charge in [-0.05, 0) is 55.2 Å².